The molecule has 6 heteroatoms. The van der Waals surface area contributed by atoms with Gasteiger partial charge in [-0.3, -0.25) is 0 Å². The highest BCUT2D eigenvalue weighted by atomic mass is 32.2. The molecule has 0 aromatic rings. The molecule has 2 N–H and O–H groups in total. The quantitative estimate of drug-likeness (QED) is 0.544. The molecule has 11 heavy (non-hydrogen) atoms. The minimum absolute atomic E-state index is 0.124. The van der Waals surface area contributed by atoms with Crippen LogP contribution in [0.25, 0.3) is 0 Å². The Bertz CT molecular complexity index is 212. The van der Waals surface area contributed by atoms with Gasteiger partial charge in [-0.2, -0.15) is 12.7 Å². The van der Waals surface area contributed by atoms with Crippen LogP contribution >= 0.6 is 0 Å². The smallest absolute Gasteiger partial charge is 0.279 e. The van der Waals surface area contributed by atoms with E-state index in [0.717, 1.165) is 6.42 Å². The van der Waals surface area contributed by atoms with Crippen molar-refractivity contribution in [1.82, 2.24) is 9.03 Å². The topological polar surface area (TPSA) is 69.6 Å². The van der Waals surface area contributed by atoms with Crippen LogP contribution in [0.15, 0.2) is 0 Å². The SMILES string of the molecule is O=S1(=O)NCCCN1CCO. The third-order valence-electron chi connectivity index (χ3n) is 1.56. The Morgan fingerprint density at radius 1 is 1.55 bits per heavy atom. The molecular weight excluding hydrogens is 168 g/mol. The standard InChI is InChI=1S/C5H12N2O3S/c8-5-4-7-3-1-2-6-11(7,9)10/h6,8H,1-5H2. The minimum atomic E-state index is -3.26. The van der Waals surface area contributed by atoms with Gasteiger partial charge >= 0.3 is 0 Å². The molecule has 0 aromatic heterocycles. The van der Waals surface area contributed by atoms with Crippen molar-refractivity contribution in [2.24, 2.45) is 0 Å². The maximum atomic E-state index is 11.1. The normalized spacial score (nSPS) is 25.2. The Kier molecular flexibility index (Phi) is 2.83. The van der Waals surface area contributed by atoms with Gasteiger partial charge in [-0.1, -0.05) is 0 Å². The third-order valence-corrected chi connectivity index (χ3v) is 3.17. The monoisotopic (exact) mass is 180 g/mol. The molecule has 0 bridgehead atoms. The number of nitrogens with zero attached hydrogens (tertiary/aromatic N) is 1. The number of β-amino-alcohol motifs (C(OH)–C–C–N with tert-alkyl or cyclic N) is 1. The molecule has 0 aromatic carbocycles. The lowest BCUT2D eigenvalue weighted by Gasteiger charge is -2.25. The lowest BCUT2D eigenvalue weighted by Crippen LogP contribution is -2.47. The fraction of sp³-hybridized carbons (Fsp3) is 1.00. The Morgan fingerprint density at radius 3 is 2.82 bits per heavy atom. The predicted octanol–water partition coefficient (Wildman–Crippen LogP) is -1.48. The first-order chi connectivity index (χ1) is 5.17. The van der Waals surface area contributed by atoms with Crippen molar-refractivity contribution in [2.45, 2.75) is 6.42 Å². The van der Waals surface area contributed by atoms with Gasteiger partial charge in [0.2, 0.25) is 0 Å². The van der Waals surface area contributed by atoms with Gasteiger partial charge in [-0.15, -0.1) is 0 Å². The predicted molar refractivity (Wildman–Crippen MR) is 40.2 cm³/mol. The van der Waals surface area contributed by atoms with E-state index in [2.05, 4.69) is 4.72 Å². The highest BCUT2D eigenvalue weighted by molar-refractivity contribution is 7.87. The van der Waals surface area contributed by atoms with E-state index in [1.165, 1.54) is 4.31 Å². The second-order valence-corrected chi connectivity index (χ2v) is 4.13. The van der Waals surface area contributed by atoms with Gasteiger partial charge in [0.25, 0.3) is 10.2 Å². The van der Waals surface area contributed by atoms with Crippen LogP contribution in [0.4, 0.5) is 0 Å². The van der Waals surface area contributed by atoms with Gasteiger partial charge in [0.15, 0.2) is 0 Å². The fourth-order valence-corrected chi connectivity index (χ4v) is 2.29. The molecule has 5 nitrogen and oxygen atoms in total. The molecule has 0 amide bonds. The first kappa shape index (κ1) is 8.92. The van der Waals surface area contributed by atoms with Crippen molar-refractivity contribution in [3.05, 3.63) is 0 Å². The molecule has 1 rings (SSSR count). The van der Waals surface area contributed by atoms with Crippen LogP contribution in [0.3, 0.4) is 0 Å². The Balaban J connectivity index is 2.60. The Hall–Kier alpha value is -0.170. The molecule has 66 valence electrons. The van der Waals surface area contributed by atoms with Crippen LogP contribution in [-0.2, 0) is 10.2 Å². The maximum Gasteiger partial charge on any atom is 0.279 e. The largest absolute Gasteiger partial charge is 0.395 e. The summed E-state index contributed by atoms with van der Waals surface area (Å²) < 4.78 is 25.8. The Labute approximate surface area is 66.2 Å². The molecule has 1 heterocycles. The van der Waals surface area contributed by atoms with Gasteiger partial charge < -0.3 is 5.11 Å². The fourth-order valence-electron chi connectivity index (χ4n) is 1.01. The number of nitrogens with one attached hydrogen (secondary N) is 1. The molecular formula is C5H12N2O3S. The van der Waals surface area contributed by atoms with E-state index in [9.17, 15) is 8.42 Å². The molecule has 0 aliphatic carbocycles. The second-order valence-electron chi connectivity index (χ2n) is 2.38. The van der Waals surface area contributed by atoms with Crippen molar-refractivity contribution in [3.63, 3.8) is 0 Å². The number of hydrogen-bond acceptors (Lipinski definition) is 3. The van der Waals surface area contributed by atoms with E-state index in [-0.39, 0.29) is 13.2 Å². The summed E-state index contributed by atoms with van der Waals surface area (Å²) in [5.41, 5.74) is 0. The number of hydrogen-bond donors (Lipinski definition) is 2. The number of aliphatic hydroxyl groups excluding tert-OH is 1. The van der Waals surface area contributed by atoms with Crippen LogP contribution in [-0.4, -0.2) is 44.1 Å². The van der Waals surface area contributed by atoms with E-state index >= 15 is 0 Å². The summed E-state index contributed by atoms with van der Waals surface area (Å²) in [6.45, 7) is 1.08. The highest BCUT2D eigenvalue weighted by Gasteiger charge is 2.23. The molecule has 0 saturated carbocycles. The first-order valence-corrected chi connectivity index (χ1v) is 4.96. The zero-order valence-corrected chi connectivity index (χ0v) is 6.97. The first-order valence-electron chi connectivity index (χ1n) is 3.52. The van der Waals surface area contributed by atoms with E-state index in [1.54, 1.807) is 0 Å². The van der Waals surface area contributed by atoms with E-state index < -0.39 is 10.2 Å². The van der Waals surface area contributed by atoms with E-state index in [4.69, 9.17) is 5.11 Å². The maximum absolute atomic E-state index is 11.1. The van der Waals surface area contributed by atoms with Crippen LogP contribution in [0.1, 0.15) is 6.42 Å². The average molecular weight is 180 g/mol. The van der Waals surface area contributed by atoms with Crippen molar-refractivity contribution in [2.75, 3.05) is 26.2 Å². The van der Waals surface area contributed by atoms with Gasteiger partial charge in [-0.25, -0.2) is 4.72 Å². The second kappa shape index (κ2) is 3.48. The van der Waals surface area contributed by atoms with Gasteiger partial charge in [-0.05, 0) is 6.42 Å². The van der Waals surface area contributed by atoms with E-state index in [1.807, 2.05) is 0 Å². The van der Waals surface area contributed by atoms with Crippen LogP contribution in [0, 0.1) is 0 Å². The summed E-state index contributed by atoms with van der Waals surface area (Å²) in [5, 5.41) is 8.52. The molecule has 0 spiro atoms. The highest BCUT2D eigenvalue weighted by Crippen LogP contribution is 2.03. The van der Waals surface area contributed by atoms with Crippen LogP contribution < -0.4 is 4.72 Å². The van der Waals surface area contributed by atoms with Gasteiger partial charge in [0.1, 0.15) is 0 Å². The summed E-state index contributed by atoms with van der Waals surface area (Å²) in [6.07, 6.45) is 0.805. The van der Waals surface area contributed by atoms with Crippen LogP contribution in [0.5, 0.6) is 0 Å². The molecule has 1 saturated heterocycles. The summed E-state index contributed by atoms with van der Waals surface area (Å²) in [7, 11) is -3.26. The van der Waals surface area contributed by atoms with Crippen molar-refractivity contribution in [1.29, 1.82) is 0 Å². The molecule has 0 unspecified atom stereocenters. The lowest BCUT2D eigenvalue weighted by molar-refractivity contribution is 0.247. The summed E-state index contributed by atoms with van der Waals surface area (Å²) >= 11 is 0. The van der Waals surface area contributed by atoms with Crippen molar-refractivity contribution >= 4 is 10.2 Å². The molecule has 1 fully saturated rings. The summed E-state index contributed by atoms with van der Waals surface area (Å²) in [4.78, 5) is 0. The van der Waals surface area contributed by atoms with Crippen LogP contribution in [0.2, 0.25) is 0 Å². The molecule has 0 radical (unpaired) electrons. The average Bonchev–Trinajstić information content (AvgIpc) is 1.94. The zero-order valence-electron chi connectivity index (χ0n) is 6.15. The number of aliphatic hydroxyl groups is 1. The summed E-state index contributed by atoms with van der Waals surface area (Å²) in [5.74, 6) is 0. The Morgan fingerprint density at radius 2 is 2.27 bits per heavy atom. The zero-order chi connectivity index (χ0) is 8.32. The van der Waals surface area contributed by atoms with E-state index in [0.29, 0.717) is 13.1 Å². The van der Waals surface area contributed by atoms with Crippen molar-refractivity contribution in [3.8, 4) is 0 Å². The van der Waals surface area contributed by atoms with Gasteiger partial charge in [0.05, 0.1) is 6.61 Å². The summed E-state index contributed by atoms with van der Waals surface area (Å²) in [6, 6.07) is 0. The third kappa shape index (κ3) is 2.13. The number of rotatable bonds is 2. The molecule has 0 atom stereocenters. The van der Waals surface area contributed by atoms with Crippen molar-refractivity contribution < 1.29 is 13.5 Å². The minimum Gasteiger partial charge on any atom is -0.395 e. The molecule has 1 aliphatic rings. The molecule has 1 aliphatic heterocycles. The van der Waals surface area contributed by atoms with Gasteiger partial charge in [0, 0.05) is 19.6 Å². The lowest BCUT2D eigenvalue weighted by atomic mass is 10.4.